The summed E-state index contributed by atoms with van der Waals surface area (Å²) in [5.74, 6) is 0.476. The van der Waals surface area contributed by atoms with Crippen LogP contribution in [0.4, 0.5) is 0 Å². The lowest BCUT2D eigenvalue weighted by atomic mass is 9.84. The van der Waals surface area contributed by atoms with Crippen molar-refractivity contribution in [2.24, 2.45) is 0 Å². The number of benzene rings is 3. The maximum atomic E-state index is 2.42. The number of hydrogen-bond acceptors (Lipinski definition) is 1. The van der Waals surface area contributed by atoms with E-state index < -0.39 is 0 Å². The first-order valence-electron chi connectivity index (χ1n) is 7.56. The van der Waals surface area contributed by atoms with E-state index in [-0.39, 0.29) is 0 Å². The normalized spacial score (nSPS) is 18.6. The highest BCUT2D eigenvalue weighted by Gasteiger charge is 2.24. The number of nitrogens with zero attached hydrogens (tertiary/aromatic N) is 1. The minimum Gasteiger partial charge on any atom is -0.301 e. The van der Waals surface area contributed by atoms with Crippen LogP contribution in [0.15, 0.2) is 66.7 Å². The SMILES string of the molecule is CN1Cc2ccccc2[C@@H](c2ccc3ccccc3c2)C1. The Labute approximate surface area is 125 Å². The number of hydrogen-bond donors (Lipinski definition) is 0. The van der Waals surface area contributed by atoms with Crippen LogP contribution in [0.1, 0.15) is 22.6 Å². The van der Waals surface area contributed by atoms with Gasteiger partial charge in [0.25, 0.3) is 0 Å². The van der Waals surface area contributed by atoms with E-state index in [1.165, 1.54) is 27.5 Å². The minimum absolute atomic E-state index is 0.476. The fourth-order valence-corrected chi connectivity index (χ4v) is 3.49. The van der Waals surface area contributed by atoms with Crippen LogP contribution in [0, 0.1) is 0 Å². The maximum absolute atomic E-state index is 2.42. The molecule has 0 bridgehead atoms. The minimum atomic E-state index is 0.476. The second-order valence-electron chi connectivity index (χ2n) is 6.05. The first-order chi connectivity index (χ1) is 10.3. The number of rotatable bonds is 1. The van der Waals surface area contributed by atoms with Crippen molar-refractivity contribution in [2.45, 2.75) is 12.5 Å². The molecule has 1 nitrogen and oxygen atoms in total. The van der Waals surface area contributed by atoms with Gasteiger partial charge in [-0.2, -0.15) is 0 Å². The van der Waals surface area contributed by atoms with Crippen LogP contribution >= 0.6 is 0 Å². The Hall–Kier alpha value is -2.12. The van der Waals surface area contributed by atoms with Crippen molar-refractivity contribution in [3.05, 3.63) is 83.4 Å². The van der Waals surface area contributed by atoms with Crippen LogP contribution < -0.4 is 0 Å². The third-order valence-electron chi connectivity index (χ3n) is 4.54. The van der Waals surface area contributed by atoms with Crippen molar-refractivity contribution in [3.8, 4) is 0 Å². The lowest BCUT2D eigenvalue weighted by Gasteiger charge is -2.32. The van der Waals surface area contributed by atoms with Gasteiger partial charge < -0.3 is 4.90 Å². The Morgan fingerprint density at radius 1 is 0.857 bits per heavy atom. The highest BCUT2D eigenvalue weighted by atomic mass is 15.1. The summed E-state index contributed by atoms with van der Waals surface area (Å²) in [6.07, 6.45) is 0. The summed E-state index contributed by atoms with van der Waals surface area (Å²) in [4.78, 5) is 2.42. The van der Waals surface area contributed by atoms with E-state index in [0.29, 0.717) is 5.92 Å². The van der Waals surface area contributed by atoms with Crippen LogP contribution in [0.2, 0.25) is 0 Å². The third-order valence-corrected chi connectivity index (χ3v) is 4.54. The Kier molecular flexibility index (Phi) is 3.01. The first kappa shape index (κ1) is 12.6. The molecule has 1 heteroatoms. The Bertz CT molecular complexity index is 790. The molecule has 0 aliphatic carbocycles. The molecule has 1 aliphatic heterocycles. The second kappa shape index (κ2) is 5.01. The second-order valence-corrected chi connectivity index (χ2v) is 6.05. The van der Waals surface area contributed by atoms with E-state index in [2.05, 4.69) is 78.7 Å². The molecule has 3 aromatic rings. The fourth-order valence-electron chi connectivity index (χ4n) is 3.49. The summed E-state index contributed by atoms with van der Waals surface area (Å²) < 4.78 is 0. The molecule has 0 aromatic heterocycles. The average Bonchev–Trinajstić information content (AvgIpc) is 2.53. The van der Waals surface area contributed by atoms with Crippen molar-refractivity contribution in [1.82, 2.24) is 4.90 Å². The molecular weight excluding hydrogens is 254 g/mol. The zero-order valence-corrected chi connectivity index (χ0v) is 12.3. The van der Waals surface area contributed by atoms with Gasteiger partial charge in [0.15, 0.2) is 0 Å². The predicted molar refractivity (Wildman–Crippen MR) is 88.6 cm³/mol. The van der Waals surface area contributed by atoms with E-state index in [0.717, 1.165) is 13.1 Å². The summed E-state index contributed by atoms with van der Waals surface area (Å²) in [6.45, 7) is 2.15. The topological polar surface area (TPSA) is 3.24 Å². The van der Waals surface area contributed by atoms with Gasteiger partial charge in [-0.3, -0.25) is 0 Å². The van der Waals surface area contributed by atoms with Gasteiger partial charge in [-0.25, -0.2) is 0 Å². The summed E-state index contributed by atoms with van der Waals surface area (Å²) in [5, 5.41) is 2.65. The molecule has 1 aliphatic rings. The van der Waals surface area contributed by atoms with Crippen molar-refractivity contribution in [2.75, 3.05) is 13.6 Å². The lowest BCUT2D eigenvalue weighted by Crippen LogP contribution is -2.30. The average molecular weight is 273 g/mol. The van der Waals surface area contributed by atoms with E-state index in [4.69, 9.17) is 0 Å². The summed E-state index contributed by atoms with van der Waals surface area (Å²) in [6, 6.07) is 24.4. The zero-order valence-electron chi connectivity index (χ0n) is 12.3. The summed E-state index contributed by atoms with van der Waals surface area (Å²) in [5.41, 5.74) is 4.38. The van der Waals surface area contributed by atoms with E-state index in [1.807, 2.05) is 0 Å². The van der Waals surface area contributed by atoms with Crippen LogP contribution in [-0.4, -0.2) is 18.5 Å². The molecule has 3 aromatic carbocycles. The number of likely N-dealkylation sites (N-methyl/N-ethyl adjacent to an activating group) is 1. The van der Waals surface area contributed by atoms with Gasteiger partial charge in [-0.15, -0.1) is 0 Å². The van der Waals surface area contributed by atoms with Crippen LogP contribution in [0.5, 0.6) is 0 Å². The predicted octanol–water partition coefficient (Wildman–Crippen LogP) is 4.42. The molecule has 0 unspecified atom stereocenters. The molecule has 0 saturated heterocycles. The van der Waals surface area contributed by atoms with Gasteiger partial charge in [0.2, 0.25) is 0 Å². The monoisotopic (exact) mass is 273 g/mol. The van der Waals surface area contributed by atoms with Crippen molar-refractivity contribution in [3.63, 3.8) is 0 Å². The van der Waals surface area contributed by atoms with Crippen molar-refractivity contribution in [1.29, 1.82) is 0 Å². The highest BCUT2D eigenvalue weighted by molar-refractivity contribution is 5.83. The molecule has 0 N–H and O–H groups in total. The maximum Gasteiger partial charge on any atom is 0.0234 e. The van der Waals surface area contributed by atoms with E-state index in [9.17, 15) is 0 Å². The molecule has 0 amide bonds. The molecule has 0 saturated carbocycles. The molecule has 1 heterocycles. The largest absolute Gasteiger partial charge is 0.301 e. The van der Waals surface area contributed by atoms with Gasteiger partial charge in [-0.05, 0) is 34.5 Å². The molecule has 1 atom stereocenters. The Balaban J connectivity index is 1.84. The fraction of sp³-hybridized carbons (Fsp3) is 0.200. The Morgan fingerprint density at radius 2 is 1.62 bits per heavy atom. The van der Waals surface area contributed by atoms with E-state index >= 15 is 0 Å². The first-order valence-corrected chi connectivity index (χ1v) is 7.56. The van der Waals surface area contributed by atoms with Gasteiger partial charge in [0, 0.05) is 19.0 Å². The zero-order chi connectivity index (χ0) is 14.2. The van der Waals surface area contributed by atoms with Crippen LogP contribution in [0.3, 0.4) is 0 Å². The summed E-state index contributed by atoms with van der Waals surface area (Å²) in [7, 11) is 2.21. The molecule has 21 heavy (non-hydrogen) atoms. The van der Waals surface area contributed by atoms with Crippen LogP contribution in [0.25, 0.3) is 10.8 Å². The molecule has 4 rings (SSSR count). The smallest absolute Gasteiger partial charge is 0.0234 e. The quantitative estimate of drug-likeness (QED) is 0.634. The molecule has 104 valence electrons. The molecular formula is C20H19N. The summed E-state index contributed by atoms with van der Waals surface area (Å²) >= 11 is 0. The molecule has 0 radical (unpaired) electrons. The van der Waals surface area contributed by atoms with Gasteiger partial charge in [-0.1, -0.05) is 66.7 Å². The van der Waals surface area contributed by atoms with Gasteiger partial charge in [0.1, 0.15) is 0 Å². The van der Waals surface area contributed by atoms with Gasteiger partial charge >= 0.3 is 0 Å². The highest BCUT2D eigenvalue weighted by Crippen LogP contribution is 2.34. The Morgan fingerprint density at radius 3 is 2.52 bits per heavy atom. The number of fused-ring (bicyclic) bond motifs is 2. The van der Waals surface area contributed by atoms with Crippen molar-refractivity contribution >= 4 is 10.8 Å². The van der Waals surface area contributed by atoms with Gasteiger partial charge in [0.05, 0.1) is 0 Å². The molecule has 0 fully saturated rings. The standard InChI is InChI=1S/C20H19N/c1-21-13-18-8-4-5-9-19(18)20(14-21)17-11-10-15-6-2-3-7-16(15)12-17/h2-12,20H,13-14H2,1H3/t20-/m1/s1. The lowest BCUT2D eigenvalue weighted by molar-refractivity contribution is 0.295. The third kappa shape index (κ3) is 2.24. The van der Waals surface area contributed by atoms with Crippen LogP contribution in [-0.2, 0) is 6.54 Å². The van der Waals surface area contributed by atoms with Crippen molar-refractivity contribution < 1.29 is 0 Å². The van der Waals surface area contributed by atoms with E-state index in [1.54, 1.807) is 0 Å². The molecule has 0 spiro atoms.